The lowest BCUT2D eigenvalue weighted by Crippen LogP contribution is -1.95. The average molecular weight is 222 g/mol. The third-order valence-corrected chi connectivity index (χ3v) is 2.91. The second-order valence-electron chi connectivity index (χ2n) is 2.52. The number of aryl methyl sites for hydroxylation is 1. The van der Waals surface area contributed by atoms with Crippen LogP contribution in [0.3, 0.4) is 0 Å². The summed E-state index contributed by atoms with van der Waals surface area (Å²) in [5, 5.41) is 9.80. The lowest BCUT2D eigenvalue weighted by atomic mass is 10.2. The fourth-order valence-corrected chi connectivity index (χ4v) is 1.86. The Morgan fingerprint density at radius 3 is 2.92 bits per heavy atom. The van der Waals surface area contributed by atoms with Gasteiger partial charge in [-0.25, -0.2) is 0 Å². The summed E-state index contributed by atoms with van der Waals surface area (Å²) in [6, 6.07) is 0. The maximum Gasteiger partial charge on any atom is 0.337 e. The van der Waals surface area contributed by atoms with Gasteiger partial charge < -0.3 is 9.66 Å². The van der Waals surface area contributed by atoms with Crippen LogP contribution < -0.4 is 0 Å². The van der Waals surface area contributed by atoms with Gasteiger partial charge in [0, 0.05) is 6.42 Å². The van der Waals surface area contributed by atoms with Gasteiger partial charge in [0.05, 0.1) is 5.69 Å². The lowest BCUT2D eigenvalue weighted by Gasteiger charge is -1.90. The number of carboxylic acids is 1. The molecule has 1 heterocycles. The highest BCUT2D eigenvalue weighted by atomic mass is 35.5. The number of hydrogen-bond donors (Lipinski definition) is 1. The second-order valence-corrected chi connectivity index (χ2v) is 4.32. The van der Waals surface area contributed by atoms with Crippen LogP contribution >= 0.6 is 22.4 Å². The maximum absolute atomic E-state index is 10.9. The molecule has 0 amide bonds. The molecule has 0 radical (unpaired) electrons. The number of rotatable bonds is 4. The van der Waals surface area contributed by atoms with Crippen molar-refractivity contribution in [2.75, 3.05) is 0 Å². The van der Waals surface area contributed by atoms with Gasteiger partial charge in [-0.05, 0) is 35.2 Å². The first-order chi connectivity index (χ1) is 6.09. The summed E-state index contributed by atoms with van der Waals surface area (Å²) in [6.07, 6.45) is 1.09. The summed E-state index contributed by atoms with van der Waals surface area (Å²) in [4.78, 5) is 14.0. The third-order valence-electron chi connectivity index (χ3n) is 1.46. The monoisotopic (exact) mass is 221 g/mol. The molecule has 4 nitrogen and oxygen atoms in total. The van der Waals surface area contributed by atoms with E-state index in [1.165, 1.54) is 5.38 Å². The minimum absolute atomic E-state index is 0.0744. The Labute approximate surface area is 83.0 Å². The fraction of sp³-hybridized carbons (Fsp3) is 0.429. The molecule has 0 spiro atoms. The van der Waals surface area contributed by atoms with Crippen LogP contribution in [0.1, 0.15) is 18.5 Å². The first kappa shape index (κ1) is 10.4. The first-order valence-corrected chi connectivity index (χ1v) is 5.26. The molecular weight excluding hydrogens is 214 g/mol. The molecule has 13 heavy (non-hydrogen) atoms. The summed E-state index contributed by atoms with van der Waals surface area (Å²) in [5.41, 5.74) is 0.615. The molecular formula is C7H8ClNO3S. The SMILES string of the molecule is O=C(O)CCCc1c[s+]([O-])c(Cl)n1. The van der Waals surface area contributed by atoms with Crippen LogP contribution in [-0.2, 0) is 11.2 Å². The number of hydrogen-bond acceptors (Lipinski definition) is 3. The van der Waals surface area contributed by atoms with E-state index >= 15 is 0 Å². The summed E-state index contributed by atoms with van der Waals surface area (Å²) in [6.45, 7) is 0. The fourth-order valence-electron chi connectivity index (χ4n) is 0.892. The Morgan fingerprint density at radius 2 is 2.46 bits per heavy atom. The molecule has 0 aromatic carbocycles. The number of aromatic nitrogens is 1. The van der Waals surface area contributed by atoms with Gasteiger partial charge in [0.2, 0.25) is 0 Å². The van der Waals surface area contributed by atoms with E-state index in [1.807, 2.05) is 0 Å². The topological polar surface area (TPSA) is 73.2 Å². The van der Waals surface area contributed by atoms with Gasteiger partial charge >= 0.3 is 10.4 Å². The maximum atomic E-state index is 10.9. The molecule has 0 aliphatic rings. The van der Waals surface area contributed by atoms with Crippen molar-refractivity contribution in [3.05, 3.63) is 15.5 Å². The van der Waals surface area contributed by atoms with E-state index in [4.69, 9.17) is 16.7 Å². The molecule has 1 aromatic heterocycles. The largest absolute Gasteiger partial charge is 0.588 e. The van der Waals surface area contributed by atoms with Crippen molar-refractivity contribution in [2.45, 2.75) is 19.3 Å². The van der Waals surface area contributed by atoms with E-state index in [0.29, 0.717) is 18.5 Å². The lowest BCUT2D eigenvalue weighted by molar-refractivity contribution is -0.137. The highest BCUT2D eigenvalue weighted by Crippen LogP contribution is 2.25. The summed E-state index contributed by atoms with van der Waals surface area (Å²) in [7, 11) is -1.31. The Hall–Kier alpha value is -0.650. The Morgan fingerprint density at radius 1 is 1.77 bits per heavy atom. The van der Waals surface area contributed by atoms with Crippen LogP contribution in [0.25, 0.3) is 0 Å². The molecule has 0 saturated carbocycles. The minimum Gasteiger partial charge on any atom is -0.588 e. The first-order valence-electron chi connectivity index (χ1n) is 3.67. The van der Waals surface area contributed by atoms with Crippen molar-refractivity contribution >= 4 is 28.3 Å². The van der Waals surface area contributed by atoms with Crippen LogP contribution in [0.2, 0.25) is 4.47 Å². The van der Waals surface area contributed by atoms with Gasteiger partial charge in [-0.2, -0.15) is 4.98 Å². The zero-order chi connectivity index (χ0) is 9.84. The normalized spacial score (nSPS) is 11.7. The molecule has 1 N–H and O–H groups in total. The average Bonchev–Trinajstić information content (AvgIpc) is 2.30. The van der Waals surface area contributed by atoms with Gasteiger partial charge in [-0.15, -0.1) is 0 Å². The number of aliphatic carboxylic acids is 1. The minimum atomic E-state index is -1.31. The van der Waals surface area contributed by atoms with E-state index in [0.717, 1.165) is 0 Å². The van der Waals surface area contributed by atoms with Crippen molar-refractivity contribution in [3.8, 4) is 0 Å². The zero-order valence-electron chi connectivity index (χ0n) is 6.70. The van der Waals surface area contributed by atoms with E-state index in [-0.39, 0.29) is 10.9 Å². The smallest absolute Gasteiger partial charge is 0.337 e. The van der Waals surface area contributed by atoms with Crippen LogP contribution in [0.5, 0.6) is 0 Å². The molecule has 0 fully saturated rings. The van der Waals surface area contributed by atoms with Crippen LogP contribution in [0, 0.1) is 0 Å². The molecule has 1 aromatic rings. The Balaban J connectivity index is 2.41. The molecule has 0 bridgehead atoms. The summed E-state index contributed by atoms with van der Waals surface area (Å²) in [5.74, 6) is -0.838. The third kappa shape index (κ3) is 3.30. The molecule has 0 aliphatic heterocycles. The Kier molecular flexibility index (Phi) is 3.65. The highest BCUT2D eigenvalue weighted by Gasteiger charge is 2.09. The van der Waals surface area contributed by atoms with E-state index in [1.54, 1.807) is 0 Å². The van der Waals surface area contributed by atoms with Gasteiger partial charge in [-0.1, -0.05) is 0 Å². The van der Waals surface area contributed by atoms with Crippen molar-refractivity contribution < 1.29 is 14.5 Å². The van der Waals surface area contributed by atoms with Crippen molar-refractivity contribution in [1.82, 2.24) is 4.98 Å². The zero-order valence-corrected chi connectivity index (χ0v) is 8.27. The van der Waals surface area contributed by atoms with Gasteiger partial charge in [0.15, 0.2) is 5.38 Å². The highest BCUT2D eigenvalue weighted by molar-refractivity contribution is 7.26. The number of nitrogens with zero attached hydrogens (tertiary/aromatic N) is 1. The summed E-state index contributed by atoms with van der Waals surface area (Å²) < 4.78 is 11.0. The second kappa shape index (κ2) is 4.55. The molecule has 1 unspecified atom stereocenters. The molecule has 6 heteroatoms. The van der Waals surface area contributed by atoms with Crippen molar-refractivity contribution in [2.24, 2.45) is 0 Å². The molecule has 1 rings (SSSR count). The number of thiazole rings is 1. The van der Waals surface area contributed by atoms with Gasteiger partial charge in [0.25, 0.3) is 0 Å². The standard InChI is InChI=1S/C7H8ClNO3S/c8-7-9-5(4-13(7)12)2-1-3-6(10)11/h4H,1-3H2,(H,10,11). The Bertz CT molecular complexity index is 293. The predicted molar refractivity (Wildman–Crippen MR) is 48.5 cm³/mol. The van der Waals surface area contributed by atoms with Gasteiger partial charge in [-0.3, -0.25) is 4.79 Å². The van der Waals surface area contributed by atoms with Gasteiger partial charge in [0.1, 0.15) is 0 Å². The molecule has 0 saturated heterocycles. The van der Waals surface area contributed by atoms with E-state index in [2.05, 4.69) is 4.98 Å². The van der Waals surface area contributed by atoms with Crippen LogP contribution in [0.4, 0.5) is 0 Å². The molecule has 0 aliphatic carbocycles. The molecule has 1 atom stereocenters. The van der Waals surface area contributed by atoms with Crippen LogP contribution in [0.15, 0.2) is 5.38 Å². The van der Waals surface area contributed by atoms with E-state index < -0.39 is 16.7 Å². The van der Waals surface area contributed by atoms with Crippen molar-refractivity contribution in [3.63, 3.8) is 0 Å². The summed E-state index contributed by atoms with van der Waals surface area (Å²) >= 11 is 5.48. The number of carbonyl (C=O) groups is 1. The van der Waals surface area contributed by atoms with E-state index in [9.17, 15) is 9.35 Å². The van der Waals surface area contributed by atoms with Crippen molar-refractivity contribution in [1.29, 1.82) is 0 Å². The molecule has 72 valence electrons. The number of carboxylic acid groups (broad SMARTS) is 1. The van der Waals surface area contributed by atoms with Crippen LogP contribution in [-0.4, -0.2) is 20.6 Å². The predicted octanol–water partition coefficient (Wildman–Crippen LogP) is 1.87. The number of halogens is 1. The quantitative estimate of drug-likeness (QED) is 0.788.